The second-order valence-corrected chi connectivity index (χ2v) is 6.54. The van der Waals surface area contributed by atoms with E-state index in [0.717, 1.165) is 0 Å². The molecule has 8 nitrogen and oxygen atoms in total. The highest BCUT2D eigenvalue weighted by Gasteiger charge is 2.26. The normalized spacial score (nSPS) is 13.6. The van der Waals surface area contributed by atoms with Gasteiger partial charge in [0, 0.05) is 22.7 Å². The molecule has 0 atom stereocenters. The van der Waals surface area contributed by atoms with Crippen molar-refractivity contribution in [1.82, 2.24) is 10.6 Å². The van der Waals surface area contributed by atoms with Crippen LogP contribution in [-0.4, -0.2) is 21.9 Å². The van der Waals surface area contributed by atoms with Crippen LogP contribution in [-0.2, 0) is 16.2 Å². The van der Waals surface area contributed by atoms with Crippen molar-refractivity contribution in [2.45, 2.75) is 6.61 Å². The number of hydrogen-bond donors (Lipinski definition) is 2. The summed E-state index contributed by atoms with van der Waals surface area (Å²) < 4.78 is 5.73. The highest BCUT2D eigenvalue weighted by Crippen LogP contribution is 2.27. The number of nitro benzene ring substituents is 1. The Morgan fingerprint density at radius 1 is 1.14 bits per heavy atom. The first kappa shape index (κ1) is 19.5. The van der Waals surface area contributed by atoms with Crippen LogP contribution >= 0.6 is 23.8 Å². The summed E-state index contributed by atoms with van der Waals surface area (Å²) in [5, 5.41) is 15.9. The quantitative estimate of drug-likeness (QED) is 0.254. The van der Waals surface area contributed by atoms with Crippen molar-refractivity contribution in [3.63, 3.8) is 0 Å². The van der Waals surface area contributed by atoms with Crippen LogP contribution in [0.4, 0.5) is 5.69 Å². The van der Waals surface area contributed by atoms with E-state index in [1.54, 1.807) is 24.3 Å². The fraction of sp³-hybridized carbons (Fsp3) is 0.0556. The van der Waals surface area contributed by atoms with Gasteiger partial charge in [-0.15, -0.1) is 0 Å². The van der Waals surface area contributed by atoms with Gasteiger partial charge >= 0.3 is 0 Å². The Morgan fingerprint density at radius 2 is 1.86 bits per heavy atom. The van der Waals surface area contributed by atoms with E-state index in [4.69, 9.17) is 28.6 Å². The lowest BCUT2D eigenvalue weighted by molar-refractivity contribution is -0.384. The maximum atomic E-state index is 12.0. The van der Waals surface area contributed by atoms with Crippen molar-refractivity contribution < 1.29 is 19.2 Å². The molecule has 2 N–H and O–H groups in total. The molecular formula is C18H12ClN3O5S. The Kier molecular flexibility index (Phi) is 5.67. The summed E-state index contributed by atoms with van der Waals surface area (Å²) in [7, 11) is 0. The third-order valence-corrected chi connectivity index (χ3v) is 4.17. The van der Waals surface area contributed by atoms with Crippen molar-refractivity contribution in [1.29, 1.82) is 0 Å². The lowest BCUT2D eigenvalue weighted by Crippen LogP contribution is -2.51. The number of carbonyl (C=O) groups is 2. The van der Waals surface area contributed by atoms with Gasteiger partial charge in [0.05, 0.1) is 4.92 Å². The number of halogens is 1. The molecular weight excluding hydrogens is 406 g/mol. The van der Waals surface area contributed by atoms with Crippen molar-refractivity contribution in [2.75, 3.05) is 0 Å². The number of amides is 2. The monoisotopic (exact) mass is 417 g/mol. The predicted octanol–water partition coefficient (Wildman–Crippen LogP) is 2.74. The fourth-order valence-electron chi connectivity index (χ4n) is 2.45. The molecule has 3 rings (SSSR count). The van der Waals surface area contributed by atoms with Gasteiger partial charge in [0.15, 0.2) is 5.11 Å². The fourth-order valence-corrected chi connectivity index (χ4v) is 2.81. The average Bonchev–Trinajstić information content (AvgIpc) is 2.64. The first-order chi connectivity index (χ1) is 13.3. The first-order valence-corrected chi connectivity index (χ1v) is 8.66. The van der Waals surface area contributed by atoms with Gasteiger partial charge in [0.25, 0.3) is 17.5 Å². The Hall–Kier alpha value is -3.30. The molecule has 1 aliphatic heterocycles. The van der Waals surface area contributed by atoms with Crippen LogP contribution in [0.15, 0.2) is 48.0 Å². The van der Waals surface area contributed by atoms with Gasteiger partial charge in [-0.2, -0.15) is 0 Å². The molecule has 1 aliphatic rings. The molecule has 1 saturated heterocycles. The molecule has 1 fully saturated rings. The van der Waals surface area contributed by atoms with Crippen molar-refractivity contribution in [2.24, 2.45) is 0 Å². The maximum absolute atomic E-state index is 12.0. The Balaban J connectivity index is 1.87. The summed E-state index contributed by atoms with van der Waals surface area (Å²) >= 11 is 10.8. The number of nitrogens with zero attached hydrogens (tertiary/aromatic N) is 1. The van der Waals surface area contributed by atoms with Crippen molar-refractivity contribution >= 4 is 52.5 Å². The highest BCUT2D eigenvalue weighted by molar-refractivity contribution is 7.80. The smallest absolute Gasteiger partial charge is 0.269 e. The average molecular weight is 418 g/mol. The number of benzene rings is 2. The van der Waals surface area contributed by atoms with E-state index in [1.165, 1.54) is 24.3 Å². The molecule has 0 radical (unpaired) electrons. The van der Waals surface area contributed by atoms with Gasteiger partial charge in [-0.1, -0.05) is 23.7 Å². The molecule has 142 valence electrons. The summed E-state index contributed by atoms with van der Waals surface area (Å²) in [6.45, 7) is 0.0436. The van der Waals surface area contributed by atoms with Crippen LogP contribution in [0.5, 0.6) is 5.75 Å². The number of ether oxygens (including phenoxy) is 1. The lowest BCUT2D eigenvalue weighted by Gasteiger charge is -2.17. The minimum Gasteiger partial charge on any atom is -0.488 e. The van der Waals surface area contributed by atoms with E-state index in [2.05, 4.69) is 10.6 Å². The number of nitro groups is 1. The van der Waals surface area contributed by atoms with Gasteiger partial charge in [-0.3, -0.25) is 30.3 Å². The van der Waals surface area contributed by atoms with E-state index in [9.17, 15) is 19.7 Å². The number of hydrogen-bond acceptors (Lipinski definition) is 6. The molecule has 0 aliphatic carbocycles. The summed E-state index contributed by atoms with van der Waals surface area (Å²) in [4.78, 5) is 34.5. The van der Waals surface area contributed by atoms with E-state index in [0.29, 0.717) is 21.9 Å². The van der Waals surface area contributed by atoms with Crippen LogP contribution in [0.1, 0.15) is 11.1 Å². The van der Waals surface area contributed by atoms with Crippen LogP contribution in [0.3, 0.4) is 0 Å². The SMILES string of the molecule is O=C1NC(=S)NC(=O)C1=Cc1cc(Cl)ccc1OCc1cccc([N+](=O)[O-])c1. The summed E-state index contributed by atoms with van der Waals surface area (Å²) in [6, 6.07) is 10.7. The first-order valence-electron chi connectivity index (χ1n) is 7.87. The molecule has 10 heteroatoms. The maximum Gasteiger partial charge on any atom is 0.269 e. The van der Waals surface area contributed by atoms with Gasteiger partial charge in [0.2, 0.25) is 0 Å². The molecule has 0 spiro atoms. The summed E-state index contributed by atoms with van der Waals surface area (Å²) in [6.07, 6.45) is 1.33. The van der Waals surface area contributed by atoms with Crippen molar-refractivity contribution in [3.8, 4) is 5.75 Å². The molecule has 0 unspecified atom stereocenters. The van der Waals surface area contributed by atoms with Crippen LogP contribution < -0.4 is 15.4 Å². The molecule has 2 aromatic carbocycles. The van der Waals surface area contributed by atoms with Crippen LogP contribution in [0.2, 0.25) is 5.02 Å². The van der Waals surface area contributed by atoms with E-state index in [-0.39, 0.29) is 23.0 Å². The molecule has 2 aromatic rings. The third-order valence-electron chi connectivity index (χ3n) is 3.73. The zero-order valence-corrected chi connectivity index (χ0v) is 15.7. The van der Waals surface area contributed by atoms with Crippen LogP contribution in [0.25, 0.3) is 6.08 Å². The third kappa shape index (κ3) is 4.51. The Labute approximate surface area is 169 Å². The number of thiocarbonyl (C=S) groups is 1. The van der Waals surface area contributed by atoms with E-state index >= 15 is 0 Å². The van der Waals surface area contributed by atoms with Gasteiger partial charge in [0.1, 0.15) is 17.9 Å². The number of rotatable bonds is 5. The van der Waals surface area contributed by atoms with E-state index in [1.807, 2.05) is 0 Å². The highest BCUT2D eigenvalue weighted by atomic mass is 35.5. The van der Waals surface area contributed by atoms with Gasteiger partial charge in [-0.25, -0.2) is 0 Å². The second-order valence-electron chi connectivity index (χ2n) is 5.69. The standard InChI is InChI=1S/C18H12ClN3O5S/c19-12-4-5-15(27-9-10-2-1-3-13(6-10)22(25)26)11(7-12)8-14-16(23)20-18(28)21-17(14)24/h1-8H,9H2,(H2,20,21,23,24,28). The molecule has 0 aromatic heterocycles. The lowest BCUT2D eigenvalue weighted by atomic mass is 10.1. The minimum absolute atomic E-state index is 0.0436. The summed E-state index contributed by atoms with van der Waals surface area (Å²) in [5.41, 5.74) is 0.773. The zero-order chi connectivity index (χ0) is 20.3. The molecule has 0 saturated carbocycles. The van der Waals surface area contributed by atoms with Crippen LogP contribution in [0, 0.1) is 10.1 Å². The van der Waals surface area contributed by atoms with Gasteiger partial charge < -0.3 is 4.74 Å². The Morgan fingerprint density at radius 3 is 2.54 bits per heavy atom. The van der Waals surface area contributed by atoms with E-state index < -0.39 is 16.7 Å². The second kappa shape index (κ2) is 8.15. The molecule has 28 heavy (non-hydrogen) atoms. The number of nitrogens with one attached hydrogen (secondary N) is 2. The number of non-ortho nitro benzene ring substituents is 1. The molecule has 2 amide bonds. The number of carbonyl (C=O) groups excluding carboxylic acids is 2. The zero-order valence-electron chi connectivity index (χ0n) is 14.1. The Bertz CT molecular complexity index is 1020. The minimum atomic E-state index is -0.640. The largest absolute Gasteiger partial charge is 0.488 e. The topological polar surface area (TPSA) is 111 Å². The van der Waals surface area contributed by atoms with Gasteiger partial charge in [-0.05, 0) is 42.1 Å². The summed E-state index contributed by atoms with van der Waals surface area (Å²) in [5.74, 6) is -0.936. The van der Waals surface area contributed by atoms with Crippen molar-refractivity contribution in [3.05, 3.63) is 74.3 Å². The predicted molar refractivity (Wildman–Crippen MR) is 106 cm³/mol. The molecule has 0 bridgehead atoms. The molecule has 1 heterocycles.